The molecule has 8 N–H and O–H groups in total. The Morgan fingerprint density at radius 3 is 1.05 bits per heavy atom. The van der Waals surface area contributed by atoms with Crippen molar-refractivity contribution in [3.05, 3.63) is 0 Å². The van der Waals surface area contributed by atoms with E-state index < -0.39 is 0 Å². The molecule has 7 nitrogen and oxygen atoms in total. The van der Waals surface area contributed by atoms with E-state index in [0.717, 1.165) is 78.5 Å². The van der Waals surface area contributed by atoms with E-state index in [2.05, 4.69) is 38.8 Å². The van der Waals surface area contributed by atoms with Crippen molar-refractivity contribution in [2.24, 2.45) is 5.73 Å². The summed E-state index contributed by atoms with van der Waals surface area (Å²) in [6, 6.07) is 0. The molecule has 0 aromatic carbocycles. The van der Waals surface area contributed by atoms with Crippen LogP contribution in [0.25, 0.3) is 0 Å². The highest BCUT2D eigenvalue weighted by atomic mass is 15.0. The van der Waals surface area contributed by atoms with Crippen LogP contribution in [0, 0.1) is 0 Å². The molecular formula is C14H37N7. The molecule has 0 unspecified atom stereocenters. The Balaban J connectivity index is 2.90. The second-order valence-corrected chi connectivity index (χ2v) is 4.89. The van der Waals surface area contributed by atoms with E-state index in [1.165, 1.54) is 0 Å². The van der Waals surface area contributed by atoms with Crippen LogP contribution in [0.15, 0.2) is 0 Å². The molecule has 0 amide bonds. The Kier molecular flexibility index (Phi) is 19.5. The third-order valence-electron chi connectivity index (χ3n) is 2.96. The number of hydrogen-bond donors (Lipinski definition) is 7. The van der Waals surface area contributed by atoms with Crippen LogP contribution in [-0.4, -0.2) is 85.1 Å². The molecule has 0 atom stereocenters. The fourth-order valence-electron chi connectivity index (χ4n) is 1.79. The highest BCUT2D eigenvalue weighted by Crippen LogP contribution is 1.64. The minimum Gasteiger partial charge on any atom is -0.329 e. The van der Waals surface area contributed by atoms with Crippen LogP contribution in [0.4, 0.5) is 0 Å². The fraction of sp³-hybridized carbons (Fsp3) is 1.00. The SMILES string of the molecule is CCNCCNCCNCCNCCNCCNCCN. The lowest BCUT2D eigenvalue weighted by molar-refractivity contribution is 0.554. The van der Waals surface area contributed by atoms with Crippen molar-refractivity contribution in [2.75, 3.05) is 85.1 Å². The van der Waals surface area contributed by atoms with Gasteiger partial charge in [0.2, 0.25) is 0 Å². The second kappa shape index (κ2) is 19.7. The van der Waals surface area contributed by atoms with Gasteiger partial charge >= 0.3 is 0 Å². The van der Waals surface area contributed by atoms with Crippen molar-refractivity contribution in [2.45, 2.75) is 6.92 Å². The zero-order chi connectivity index (χ0) is 15.4. The van der Waals surface area contributed by atoms with Crippen molar-refractivity contribution >= 4 is 0 Å². The first-order valence-corrected chi connectivity index (χ1v) is 8.36. The summed E-state index contributed by atoms with van der Waals surface area (Å²) in [6.45, 7) is 15.0. The van der Waals surface area contributed by atoms with Gasteiger partial charge in [0.1, 0.15) is 0 Å². The first kappa shape index (κ1) is 20.7. The predicted molar refractivity (Wildman–Crippen MR) is 91.9 cm³/mol. The lowest BCUT2D eigenvalue weighted by Crippen LogP contribution is -2.37. The summed E-state index contributed by atoms with van der Waals surface area (Å²) >= 11 is 0. The van der Waals surface area contributed by atoms with E-state index in [9.17, 15) is 0 Å². The molecule has 0 aliphatic carbocycles. The van der Waals surface area contributed by atoms with Crippen LogP contribution in [0.5, 0.6) is 0 Å². The summed E-state index contributed by atoms with van der Waals surface area (Å²) in [5.74, 6) is 0. The standard InChI is InChI=1S/C14H37N7/c1-2-16-5-6-18-9-10-20-13-14-21-12-11-19-8-7-17-4-3-15/h16-21H,2-15H2,1H3. The Bertz CT molecular complexity index is 163. The molecule has 0 fully saturated rings. The summed E-state index contributed by atoms with van der Waals surface area (Å²) in [5, 5.41) is 20.1. The molecule has 0 bridgehead atoms. The molecule has 0 saturated carbocycles. The number of nitrogens with one attached hydrogen (secondary N) is 6. The van der Waals surface area contributed by atoms with Gasteiger partial charge in [-0.05, 0) is 6.54 Å². The van der Waals surface area contributed by atoms with Crippen molar-refractivity contribution in [1.29, 1.82) is 0 Å². The summed E-state index contributed by atoms with van der Waals surface area (Å²) in [4.78, 5) is 0. The number of nitrogens with two attached hydrogens (primary N) is 1. The lowest BCUT2D eigenvalue weighted by atomic mass is 10.5. The minimum absolute atomic E-state index is 0.708. The van der Waals surface area contributed by atoms with Gasteiger partial charge < -0.3 is 37.6 Å². The Hall–Kier alpha value is -0.280. The van der Waals surface area contributed by atoms with Crippen LogP contribution < -0.4 is 37.6 Å². The normalized spacial score (nSPS) is 11.1. The summed E-state index contributed by atoms with van der Waals surface area (Å²) in [6.07, 6.45) is 0. The number of rotatable bonds is 18. The molecule has 0 spiro atoms. The van der Waals surface area contributed by atoms with Gasteiger partial charge in [-0.25, -0.2) is 0 Å². The van der Waals surface area contributed by atoms with E-state index in [1.54, 1.807) is 0 Å². The summed E-state index contributed by atoms with van der Waals surface area (Å²) in [7, 11) is 0. The molecule has 21 heavy (non-hydrogen) atoms. The predicted octanol–water partition coefficient (Wildman–Crippen LogP) is -2.50. The molecule has 7 heteroatoms. The van der Waals surface area contributed by atoms with E-state index in [-0.39, 0.29) is 0 Å². The molecular weight excluding hydrogens is 266 g/mol. The van der Waals surface area contributed by atoms with Gasteiger partial charge in [-0.15, -0.1) is 0 Å². The molecule has 0 rings (SSSR count). The zero-order valence-electron chi connectivity index (χ0n) is 13.8. The van der Waals surface area contributed by atoms with E-state index in [0.29, 0.717) is 6.54 Å². The van der Waals surface area contributed by atoms with Gasteiger partial charge in [0, 0.05) is 78.5 Å². The van der Waals surface area contributed by atoms with Crippen LogP contribution in [-0.2, 0) is 0 Å². The highest BCUT2D eigenvalue weighted by Gasteiger charge is 1.90. The molecule has 0 heterocycles. The summed E-state index contributed by atoms with van der Waals surface area (Å²) < 4.78 is 0. The Morgan fingerprint density at radius 1 is 0.476 bits per heavy atom. The third kappa shape index (κ3) is 19.7. The van der Waals surface area contributed by atoms with Gasteiger partial charge in [-0.2, -0.15) is 0 Å². The van der Waals surface area contributed by atoms with Gasteiger partial charge in [0.15, 0.2) is 0 Å². The molecule has 0 radical (unpaired) electrons. The van der Waals surface area contributed by atoms with Crippen molar-refractivity contribution in [1.82, 2.24) is 31.9 Å². The Labute approximate surface area is 130 Å². The maximum Gasteiger partial charge on any atom is 0.00772 e. The molecule has 0 aliphatic heterocycles. The van der Waals surface area contributed by atoms with Gasteiger partial charge in [0.05, 0.1) is 0 Å². The van der Waals surface area contributed by atoms with Crippen molar-refractivity contribution in [3.63, 3.8) is 0 Å². The third-order valence-corrected chi connectivity index (χ3v) is 2.96. The van der Waals surface area contributed by atoms with Gasteiger partial charge in [-0.1, -0.05) is 6.92 Å². The topological polar surface area (TPSA) is 98.2 Å². The van der Waals surface area contributed by atoms with Crippen LogP contribution in [0.1, 0.15) is 6.92 Å². The average molecular weight is 303 g/mol. The van der Waals surface area contributed by atoms with Crippen LogP contribution >= 0.6 is 0 Å². The highest BCUT2D eigenvalue weighted by molar-refractivity contribution is 4.58. The minimum atomic E-state index is 0.708. The van der Waals surface area contributed by atoms with Gasteiger partial charge in [-0.3, -0.25) is 0 Å². The molecule has 0 aromatic heterocycles. The summed E-state index contributed by atoms with van der Waals surface area (Å²) in [5.41, 5.74) is 5.39. The van der Waals surface area contributed by atoms with Crippen LogP contribution in [0.3, 0.4) is 0 Å². The maximum absolute atomic E-state index is 5.39. The quantitative estimate of drug-likeness (QED) is 0.141. The molecule has 0 aliphatic rings. The largest absolute Gasteiger partial charge is 0.329 e. The molecule has 128 valence electrons. The first-order valence-electron chi connectivity index (χ1n) is 8.36. The lowest BCUT2D eigenvalue weighted by Gasteiger charge is -2.09. The fourth-order valence-corrected chi connectivity index (χ4v) is 1.79. The van der Waals surface area contributed by atoms with Gasteiger partial charge in [0.25, 0.3) is 0 Å². The number of hydrogen-bond acceptors (Lipinski definition) is 7. The first-order chi connectivity index (χ1) is 10.4. The smallest absolute Gasteiger partial charge is 0.00772 e. The van der Waals surface area contributed by atoms with E-state index in [1.807, 2.05) is 0 Å². The second-order valence-electron chi connectivity index (χ2n) is 4.89. The maximum atomic E-state index is 5.39. The molecule has 0 aromatic rings. The van der Waals surface area contributed by atoms with E-state index >= 15 is 0 Å². The average Bonchev–Trinajstić information content (AvgIpc) is 2.50. The van der Waals surface area contributed by atoms with Crippen molar-refractivity contribution < 1.29 is 0 Å². The van der Waals surface area contributed by atoms with E-state index in [4.69, 9.17) is 5.73 Å². The van der Waals surface area contributed by atoms with Crippen molar-refractivity contribution in [3.8, 4) is 0 Å². The zero-order valence-corrected chi connectivity index (χ0v) is 13.8. The van der Waals surface area contributed by atoms with Crippen LogP contribution in [0.2, 0.25) is 0 Å². The number of likely N-dealkylation sites (N-methyl/N-ethyl adjacent to an activating group) is 1. The Morgan fingerprint density at radius 2 is 0.762 bits per heavy atom. The molecule has 0 saturated heterocycles. The monoisotopic (exact) mass is 303 g/mol.